The lowest BCUT2D eigenvalue weighted by Gasteiger charge is -1.65. The van der Waals surface area contributed by atoms with Crippen LogP contribution >= 0.6 is 0 Å². The number of nitrogens with one attached hydrogen (secondary N) is 1. The largest absolute Gasteiger partial charge is 0.351 e. The third-order valence-electron chi connectivity index (χ3n) is 0.144. The van der Waals surface area contributed by atoms with Crippen molar-refractivity contribution in [2.24, 2.45) is 0 Å². The number of hydrogen-bond acceptors (Lipinski definition) is 1. The van der Waals surface area contributed by atoms with E-state index in [0.717, 1.165) is 0 Å². The molecule has 0 unspecified atom stereocenters. The standard InChI is InChI=1S/C2H3NSi2/c1-4-3-5-2/h1-3H. The molecule has 0 aromatic rings. The maximum Gasteiger partial charge on any atom is 0.114 e. The molecule has 1 nitrogen and oxygen atoms in total. The fourth-order valence-electron chi connectivity index (χ4n) is 0.0417. The molecule has 0 spiro atoms. The highest BCUT2D eigenvalue weighted by molar-refractivity contribution is 6.37. The van der Waals surface area contributed by atoms with Gasteiger partial charge in [0.25, 0.3) is 0 Å². The van der Waals surface area contributed by atoms with Gasteiger partial charge in [0.05, 0.1) is 0 Å². The van der Waals surface area contributed by atoms with Gasteiger partial charge < -0.3 is 4.65 Å². The van der Waals surface area contributed by atoms with Crippen LogP contribution < -0.4 is 4.65 Å². The third-order valence-corrected chi connectivity index (χ3v) is 1.30. The van der Waals surface area contributed by atoms with Crippen LogP contribution in [0.15, 0.2) is 0 Å². The zero-order valence-electron chi connectivity index (χ0n) is 2.65. The van der Waals surface area contributed by atoms with E-state index < -0.39 is 0 Å². The summed E-state index contributed by atoms with van der Waals surface area (Å²) in [5, 5.41) is 0. The minimum atomic E-state index is 0.295. The van der Waals surface area contributed by atoms with Crippen LogP contribution in [-0.2, 0) is 0 Å². The van der Waals surface area contributed by atoms with Crippen molar-refractivity contribution in [3.63, 3.8) is 0 Å². The van der Waals surface area contributed by atoms with E-state index in [0.29, 0.717) is 18.2 Å². The first-order valence-corrected chi connectivity index (χ1v) is 3.23. The Morgan fingerprint density at radius 2 is 1.60 bits per heavy atom. The highest BCUT2D eigenvalue weighted by atomic mass is 28.2. The molecular formula is C2H3NSi2. The van der Waals surface area contributed by atoms with Crippen LogP contribution in [0.2, 0.25) is 0 Å². The first-order valence-electron chi connectivity index (χ1n) is 1.08. The van der Waals surface area contributed by atoms with E-state index in [1.54, 1.807) is 0 Å². The maximum atomic E-state index is 4.98. The zero-order valence-corrected chi connectivity index (χ0v) is 4.65. The Balaban J connectivity index is 2.86. The van der Waals surface area contributed by atoms with E-state index in [4.69, 9.17) is 12.0 Å². The molecule has 0 bridgehead atoms. The number of rotatable bonds is 0. The second kappa shape index (κ2) is 3.79. The quantitative estimate of drug-likeness (QED) is 0.382. The molecule has 0 aliphatic carbocycles. The van der Waals surface area contributed by atoms with Crippen molar-refractivity contribution in [1.29, 1.82) is 0 Å². The van der Waals surface area contributed by atoms with Crippen LogP contribution in [0.1, 0.15) is 0 Å². The first kappa shape index (κ1) is 4.79. The van der Waals surface area contributed by atoms with Crippen LogP contribution in [0.25, 0.3) is 0 Å². The van der Waals surface area contributed by atoms with Gasteiger partial charge in [-0.25, -0.2) is 0 Å². The van der Waals surface area contributed by atoms with Gasteiger partial charge in [-0.3, -0.25) is 0 Å². The molecule has 0 fully saturated rings. The summed E-state index contributed by atoms with van der Waals surface area (Å²) in [4.78, 5) is 0. The molecule has 0 saturated carbocycles. The van der Waals surface area contributed by atoms with Gasteiger partial charge in [0.2, 0.25) is 0 Å². The van der Waals surface area contributed by atoms with Crippen molar-refractivity contribution < 1.29 is 0 Å². The lowest BCUT2D eigenvalue weighted by atomic mass is 12.0. The van der Waals surface area contributed by atoms with Gasteiger partial charge in [0.15, 0.2) is 0 Å². The van der Waals surface area contributed by atoms with Crippen molar-refractivity contribution in [2.75, 3.05) is 0 Å². The zero-order chi connectivity index (χ0) is 4.12. The first-order chi connectivity index (χ1) is 2.41. The average Bonchev–Trinajstić information content (AvgIpc) is 1.41. The summed E-state index contributed by atoms with van der Waals surface area (Å²) in [5.41, 5.74) is 0. The predicted octanol–water partition coefficient (Wildman–Crippen LogP) is -1.01. The minimum Gasteiger partial charge on any atom is -0.351 e. The molecule has 0 aromatic carbocycles. The molecule has 1 N–H and O–H groups in total. The summed E-state index contributed by atoms with van der Waals surface area (Å²) in [6.07, 6.45) is 0. The fourth-order valence-corrected chi connectivity index (χ4v) is 0.375. The predicted molar refractivity (Wildman–Crippen MR) is 24.5 cm³/mol. The Labute approximate surface area is 35.7 Å². The fraction of sp³-hybridized carbons (Fsp3) is 0. The Hall–Kier alpha value is -0.206. The molecule has 0 heterocycles. The van der Waals surface area contributed by atoms with Crippen LogP contribution in [0.3, 0.4) is 0 Å². The summed E-state index contributed by atoms with van der Waals surface area (Å²) in [6.45, 7) is 0. The van der Waals surface area contributed by atoms with Gasteiger partial charge in [-0.1, -0.05) is 0 Å². The van der Waals surface area contributed by atoms with Crippen molar-refractivity contribution in [1.82, 2.24) is 4.65 Å². The smallest absolute Gasteiger partial charge is 0.114 e. The van der Waals surface area contributed by atoms with Crippen LogP contribution in [0.5, 0.6) is 0 Å². The lowest BCUT2D eigenvalue weighted by Crippen LogP contribution is -2.04. The second-order valence-electron chi connectivity index (χ2n) is 0.414. The van der Waals surface area contributed by atoms with E-state index in [1.165, 1.54) is 0 Å². The highest BCUT2D eigenvalue weighted by Crippen LogP contribution is 1.06. The van der Waals surface area contributed by atoms with Gasteiger partial charge in [0, 0.05) is 0 Å². The molecule has 0 amide bonds. The molecular weight excluding hydrogens is 94.2 g/mol. The van der Waals surface area contributed by atoms with E-state index in [1.807, 2.05) is 0 Å². The minimum absolute atomic E-state index is 0.295. The molecule has 0 aromatic heterocycles. The Kier molecular flexibility index (Phi) is 3.64. The van der Waals surface area contributed by atoms with Gasteiger partial charge in [-0.2, -0.15) is 0 Å². The van der Waals surface area contributed by atoms with E-state index >= 15 is 0 Å². The molecule has 0 saturated heterocycles. The normalized spacial score (nSPS) is 3.60. The van der Waals surface area contributed by atoms with Crippen LogP contribution in [0.4, 0.5) is 0 Å². The molecule has 0 aliphatic heterocycles. The summed E-state index contributed by atoms with van der Waals surface area (Å²) in [7, 11) is 0.590. The molecule has 0 aliphatic rings. The second-order valence-corrected chi connectivity index (χ2v) is 1.99. The topological polar surface area (TPSA) is 12.0 Å². The molecule has 5 heavy (non-hydrogen) atoms. The highest BCUT2D eigenvalue weighted by Gasteiger charge is 1.44. The third kappa shape index (κ3) is 3.79. The Morgan fingerprint density at radius 1 is 1.20 bits per heavy atom. The van der Waals surface area contributed by atoms with Crippen LogP contribution in [0, 0.1) is 12.0 Å². The van der Waals surface area contributed by atoms with E-state index in [-0.39, 0.29) is 0 Å². The SMILES string of the molecule is C#[Si]N[Si]#C. The molecule has 24 valence electrons. The maximum absolute atomic E-state index is 4.98. The molecule has 0 atom stereocenters. The summed E-state index contributed by atoms with van der Waals surface area (Å²) < 4.78 is 2.72. The monoisotopic (exact) mass is 97.0 g/mol. The van der Waals surface area contributed by atoms with Crippen molar-refractivity contribution in [2.45, 2.75) is 0 Å². The average molecular weight is 97.2 g/mol. The Morgan fingerprint density at radius 3 is 1.60 bits per heavy atom. The lowest BCUT2D eigenvalue weighted by molar-refractivity contribution is 1.67. The van der Waals surface area contributed by atoms with Gasteiger partial charge >= 0.3 is 0 Å². The molecule has 3 heteroatoms. The van der Waals surface area contributed by atoms with Gasteiger partial charge in [-0.05, 0) is 0 Å². The molecule has 0 radical (unpaired) electrons. The van der Waals surface area contributed by atoms with Gasteiger partial charge in [0.1, 0.15) is 18.2 Å². The van der Waals surface area contributed by atoms with Crippen molar-refractivity contribution in [3.8, 4) is 12.0 Å². The molecule has 0 rings (SSSR count). The summed E-state index contributed by atoms with van der Waals surface area (Å²) in [6, 6.07) is 9.97. The Bertz CT molecular complexity index is 72.8. The van der Waals surface area contributed by atoms with Crippen molar-refractivity contribution >= 4 is 18.2 Å². The van der Waals surface area contributed by atoms with Gasteiger partial charge in [-0.15, -0.1) is 12.0 Å². The summed E-state index contributed by atoms with van der Waals surface area (Å²) in [5.74, 6) is 0. The summed E-state index contributed by atoms with van der Waals surface area (Å²) >= 11 is 0. The van der Waals surface area contributed by atoms with E-state index in [2.05, 4.69) is 4.65 Å². The van der Waals surface area contributed by atoms with Crippen LogP contribution in [-0.4, -0.2) is 18.2 Å². The van der Waals surface area contributed by atoms with E-state index in [9.17, 15) is 0 Å². The van der Waals surface area contributed by atoms with Crippen molar-refractivity contribution in [3.05, 3.63) is 0 Å². The number of hydrogen-bond donors (Lipinski definition) is 1.